The first-order valence-corrected chi connectivity index (χ1v) is 8.52. The Morgan fingerprint density at radius 1 is 1.26 bits per heavy atom. The van der Waals surface area contributed by atoms with Gasteiger partial charge in [0.05, 0.1) is 11.2 Å². The molecule has 0 saturated heterocycles. The lowest BCUT2D eigenvalue weighted by molar-refractivity contribution is 0.0958. The maximum absolute atomic E-state index is 12.3. The quantitative estimate of drug-likeness (QED) is 0.922. The minimum Gasteiger partial charge on any atom is -0.366 e. The molecule has 0 bridgehead atoms. The van der Waals surface area contributed by atoms with Crippen molar-refractivity contribution in [3.8, 4) is 0 Å². The van der Waals surface area contributed by atoms with E-state index in [1.807, 2.05) is 0 Å². The van der Waals surface area contributed by atoms with Crippen LogP contribution < -0.4 is 10.2 Å². The molecule has 1 aromatic carbocycles. The molecule has 5 nitrogen and oxygen atoms in total. The summed E-state index contributed by atoms with van der Waals surface area (Å²) in [7, 11) is 1.64. The molecule has 2 aromatic rings. The Kier molecular flexibility index (Phi) is 3.43. The van der Waals surface area contributed by atoms with Gasteiger partial charge in [-0.15, -0.1) is 10.2 Å². The van der Waals surface area contributed by atoms with Gasteiger partial charge in [0, 0.05) is 25.0 Å². The number of carbonyl (C=O) groups excluding carboxylic acids is 1. The minimum absolute atomic E-state index is 0.167. The van der Waals surface area contributed by atoms with Crippen LogP contribution in [0.4, 0.5) is 5.69 Å². The number of rotatable bonds is 5. The van der Waals surface area contributed by atoms with E-state index in [-0.39, 0.29) is 5.91 Å². The smallest absolute Gasteiger partial charge is 0.273 e. The summed E-state index contributed by atoms with van der Waals surface area (Å²) in [5, 5.41) is 12.3. The number of carbonyl (C=O) groups is 1. The lowest BCUT2D eigenvalue weighted by Crippen LogP contribution is -2.30. The van der Waals surface area contributed by atoms with Crippen molar-refractivity contribution in [2.75, 3.05) is 18.5 Å². The van der Waals surface area contributed by atoms with Crippen LogP contribution >= 0.6 is 0 Å². The van der Waals surface area contributed by atoms with Crippen molar-refractivity contribution in [1.29, 1.82) is 0 Å². The minimum atomic E-state index is -0.167. The average molecular weight is 310 g/mol. The van der Waals surface area contributed by atoms with E-state index >= 15 is 0 Å². The van der Waals surface area contributed by atoms with Crippen LogP contribution in [0.25, 0.3) is 10.9 Å². The molecule has 2 aliphatic carbocycles. The van der Waals surface area contributed by atoms with Gasteiger partial charge in [0.1, 0.15) is 0 Å². The number of nitrogens with zero attached hydrogens (tertiary/aromatic N) is 3. The largest absolute Gasteiger partial charge is 0.366 e. The molecule has 0 unspecified atom stereocenters. The number of benzene rings is 1. The summed E-state index contributed by atoms with van der Waals surface area (Å²) < 4.78 is 0. The number of nitrogens with one attached hydrogen (secondary N) is 1. The Morgan fingerprint density at radius 2 is 2.04 bits per heavy atom. The Balaban J connectivity index is 1.90. The molecule has 0 atom stereocenters. The summed E-state index contributed by atoms with van der Waals surface area (Å²) in [6.07, 6.45) is 4.91. The zero-order valence-electron chi connectivity index (χ0n) is 13.7. The highest BCUT2D eigenvalue weighted by Gasteiger charge is 2.33. The van der Waals surface area contributed by atoms with Crippen LogP contribution in [0, 0.1) is 0 Å². The van der Waals surface area contributed by atoms with E-state index in [9.17, 15) is 4.79 Å². The summed E-state index contributed by atoms with van der Waals surface area (Å²) >= 11 is 0. The molecule has 0 radical (unpaired) electrons. The molecule has 1 heterocycles. The van der Waals surface area contributed by atoms with Crippen LogP contribution in [0.1, 0.15) is 54.6 Å². The van der Waals surface area contributed by atoms with Crippen molar-refractivity contribution in [2.45, 2.75) is 44.6 Å². The summed E-state index contributed by atoms with van der Waals surface area (Å²) in [6, 6.07) is 7.00. The molecule has 23 heavy (non-hydrogen) atoms. The number of fused-ring (bicyclic) bond motifs is 1. The van der Waals surface area contributed by atoms with Crippen molar-refractivity contribution in [3.05, 3.63) is 29.5 Å². The van der Waals surface area contributed by atoms with Gasteiger partial charge in [0.25, 0.3) is 5.91 Å². The molecule has 1 amide bonds. The Morgan fingerprint density at radius 3 is 2.65 bits per heavy atom. The number of amides is 1. The monoisotopic (exact) mass is 310 g/mol. The highest BCUT2D eigenvalue weighted by molar-refractivity contribution is 6.05. The van der Waals surface area contributed by atoms with E-state index in [1.54, 1.807) is 7.05 Å². The third kappa shape index (κ3) is 2.54. The Labute approximate surface area is 136 Å². The van der Waals surface area contributed by atoms with E-state index in [0.717, 1.165) is 23.1 Å². The number of anilines is 1. The molecule has 2 fully saturated rings. The van der Waals surface area contributed by atoms with Gasteiger partial charge in [-0.05, 0) is 50.2 Å². The first-order chi connectivity index (χ1) is 11.2. The second-order valence-electron chi connectivity index (χ2n) is 6.54. The summed E-state index contributed by atoms with van der Waals surface area (Å²) in [4.78, 5) is 14.6. The van der Waals surface area contributed by atoms with Crippen molar-refractivity contribution in [2.24, 2.45) is 0 Å². The molecule has 1 aromatic heterocycles. The van der Waals surface area contributed by atoms with Gasteiger partial charge in [0.15, 0.2) is 5.69 Å². The summed E-state index contributed by atoms with van der Waals surface area (Å²) in [5.74, 6) is 0.522. The normalized spacial score (nSPS) is 17.3. The zero-order chi connectivity index (χ0) is 16.0. The predicted molar refractivity (Wildman–Crippen MR) is 90.9 cm³/mol. The molecule has 1 N–H and O–H groups in total. The lowest BCUT2D eigenvalue weighted by Gasteiger charge is -2.25. The van der Waals surface area contributed by atoms with Gasteiger partial charge in [0.2, 0.25) is 0 Å². The van der Waals surface area contributed by atoms with Crippen molar-refractivity contribution >= 4 is 22.5 Å². The van der Waals surface area contributed by atoms with E-state index in [4.69, 9.17) is 0 Å². The Hall–Kier alpha value is -2.17. The maximum Gasteiger partial charge on any atom is 0.273 e. The molecule has 0 aliphatic heterocycles. The molecule has 0 spiro atoms. The van der Waals surface area contributed by atoms with Gasteiger partial charge in [-0.25, -0.2) is 0 Å². The molecule has 120 valence electrons. The number of hydrogen-bond acceptors (Lipinski definition) is 4. The third-order valence-corrected chi connectivity index (χ3v) is 4.87. The van der Waals surface area contributed by atoms with Crippen LogP contribution in [0.5, 0.6) is 0 Å². The van der Waals surface area contributed by atoms with Crippen molar-refractivity contribution < 1.29 is 4.79 Å². The van der Waals surface area contributed by atoms with Crippen molar-refractivity contribution in [1.82, 2.24) is 15.5 Å². The van der Waals surface area contributed by atoms with Gasteiger partial charge in [-0.3, -0.25) is 4.79 Å². The molecular formula is C18H22N4O. The fourth-order valence-electron chi connectivity index (χ4n) is 3.33. The topological polar surface area (TPSA) is 58.1 Å². The van der Waals surface area contributed by atoms with Crippen LogP contribution in [-0.4, -0.2) is 35.7 Å². The van der Waals surface area contributed by atoms with E-state index in [1.165, 1.54) is 31.2 Å². The highest BCUT2D eigenvalue weighted by Crippen LogP contribution is 2.42. The van der Waals surface area contributed by atoms with Crippen LogP contribution in [0.15, 0.2) is 18.2 Å². The highest BCUT2D eigenvalue weighted by atomic mass is 16.1. The van der Waals surface area contributed by atoms with Crippen LogP contribution in [0.3, 0.4) is 0 Å². The van der Waals surface area contributed by atoms with Crippen LogP contribution in [-0.2, 0) is 0 Å². The third-order valence-electron chi connectivity index (χ3n) is 4.87. The van der Waals surface area contributed by atoms with Crippen LogP contribution in [0.2, 0.25) is 0 Å². The van der Waals surface area contributed by atoms with E-state index < -0.39 is 0 Å². The average Bonchev–Trinajstić information content (AvgIpc) is 3.47. The molecule has 2 aliphatic rings. The Bertz CT molecular complexity index is 765. The molecule has 2 saturated carbocycles. The zero-order valence-corrected chi connectivity index (χ0v) is 13.7. The van der Waals surface area contributed by atoms with Gasteiger partial charge in [-0.1, -0.05) is 12.1 Å². The fraction of sp³-hybridized carbons (Fsp3) is 0.500. The fourth-order valence-corrected chi connectivity index (χ4v) is 3.33. The van der Waals surface area contributed by atoms with Gasteiger partial charge in [-0.2, -0.15) is 0 Å². The molecule has 5 heteroatoms. The van der Waals surface area contributed by atoms with Gasteiger partial charge < -0.3 is 10.2 Å². The lowest BCUT2D eigenvalue weighted by atomic mass is 10.1. The summed E-state index contributed by atoms with van der Waals surface area (Å²) in [5.41, 5.74) is 3.63. The SMILES string of the molecule is CCN(c1c(C(=O)NC)nnc2cc(C3CC3)ccc12)C1CC1. The molecule has 4 rings (SSSR count). The second kappa shape index (κ2) is 5.48. The van der Waals surface area contributed by atoms with E-state index in [0.29, 0.717) is 17.7 Å². The first-order valence-electron chi connectivity index (χ1n) is 8.52. The molecular weight excluding hydrogens is 288 g/mol. The number of hydrogen-bond donors (Lipinski definition) is 1. The summed E-state index contributed by atoms with van der Waals surface area (Å²) in [6.45, 7) is 3.01. The standard InChI is InChI=1S/C18H22N4O/c1-3-22(13-7-8-13)17-14-9-6-12(11-4-5-11)10-15(14)20-21-16(17)18(23)19-2/h6,9-11,13H,3-5,7-8H2,1-2H3,(H,19,23). The maximum atomic E-state index is 12.3. The number of aromatic nitrogens is 2. The van der Waals surface area contributed by atoms with E-state index in [2.05, 4.69) is 45.5 Å². The van der Waals surface area contributed by atoms with Crippen molar-refractivity contribution in [3.63, 3.8) is 0 Å². The predicted octanol–water partition coefficient (Wildman–Crippen LogP) is 2.86. The second-order valence-corrected chi connectivity index (χ2v) is 6.54. The van der Waals surface area contributed by atoms with Gasteiger partial charge >= 0.3 is 0 Å². The first kappa shape index (κ1) is 14.4.